The van der Waals surface area contributed by atoms with Crippen molar-refractivity contribution < 1.29 is 5.11 Å². The summed E-state index contributed by atoms with van der Waals surface area (Å²) in [5.41, 5.74) is 0. The van der Waals surface area contributed by atoms with E-state index in [4.69, 9.17) is 5.11 Å². The third kappa shape index (κ3) is 2.21. The Kier molecular flexibility index (Phi) is 3.47. The molecule has 0 spiro atoms. The van der Waals surface area contributed by atoms with Gasteiger partial charge < -0.3 is 14.9 Å². The van der Waals surface area contributed by atoms with E-state index in [0.717, 1.165) is 23.1 Å². The van der Waals surface area contributed by atoms with Gasteiger partial charge >= 0.3 is 0 Å². The largest absolute Gasteiger partial charge is 0.391 e. The molecule has 1 saturated heterocycles. The lowest BCUT2D eigenvalue weighted by molar-refractivity contribution is 0.266. The molecular weight excluding hydrogens is 222 g/mol. The zero-order chi connectivity index (χ0) is 11.7. The van der Waals surface area contributed by atoms with Crippen molar-refractivity contribution in [3.8, 4) is 0 Å². The number of hydrogen-bond donors (Lipinski definition) is 1. The summed E-state index contributed by atoms with van der Waals surface area (Å²) in [6, 6.07) is 0.599. The molecule has 1 aromatic rings. The van der Waals surface area contributed by atoms with Gasteiger partial charge in [-0.05, 0) is 20.0 Å². The van der Waals surface area contributed by atoms with Crippen LogP contribution in [-0.2, 0) is 6.61 Å². The quantitative estimate of drug-likeness (QED) is 0.858. The third-order valence-corrected chi connectivity index (χ3v) is 4.25. The van der Waals surface area contributed by atoms with Gasteiger partial charge in [-0.15, -0.1) is 0 Å². The highest BCUT2D eigenvalue weighted by Gasteiger charge is 2.32. The Balaban J connectivity index is 2.07. The van der Waals surface area contributed by atoms with E-state index < -0.39 is 0 Å². The van der Waals surface area contributed by atoms with Crippen LogP contribution in [0.3, 0.4) is 0 Å². The first-order chi connectivity index (χ1) is 7.61. The molecule has 2 unspecified atom stereocenters. The molecular formula is C11H19N3OS. The number of likely N-dealkylation sites (N-methyl/N-ethyl adjacent to an activating group) is 1. The van der Waals surface area contributed by atoms with E-state index in [1.165, 1.54) is 0 Å². The summed E-state index contributed by atoms with van der Waals surface area (Å²) in [6.07, 6.45) is 1.77. The van der Waals surface area contributed by atoms with Gasteiger partial charge in [0.25, 0.3) is 0 Å². The van der Waals surface area contributed by atoms with Gasteiger partial charge in [-0.1, -0.05) is 18.3 Å². The van der Waals surface area contributed by atoms with E-state index in [-0.39, 0.29) is 6.61 Å². The Bertz CT molecular complexity index is 353. The molecule has 1 aliphatic heterocycles. The van der Waals surface area contributed by atoms with E-state index in [1.54, 1.807) is 17.5 Å². The van der Waals surface area contributed by atoms with Crippen molar-refractivity contribution in [1.82, 2.24) is 9.88 Å². The zero-order valence-corrected chi connectivity index (χ0v) is 10.9. The molecule has 2 rings (SSSR count). The van der Waals surface area contributed by atoms with Crippen LogP contribution in [0, 0.1) is 5.92 Å². The Morgan fingerprint density at radius 1 is 1.56 bits per heavy atom. The van der Waals surface area contributed by atoms with Crippen LogP contribution in [0.1, 0.15) is 11.8 Å². The molecule has 0 amide bonds. The number of nitrogens with zero attached hydrogens (tertiary/aromatic N) is 3. The topological polar surface area (TPSA) is 39.6 Å². The lowest BCUT2D eigenvalue weighted by Gasteiger charge is -2.22. The normalized spacial score (nSPS) is 25.7. The van der Waals surface area contributed by atoms with Gasteiger partial charge in [0.05, 0.1) is 11.5 Å². The van der Waals surface area contributed by atoms with Crippen molar-refractivity contribution in [1.29, 1.82) is 0 Å². The standard InChI is InChI=1S/C11H19N3OS/c1-8-5-14(6-10(8)13(2)3)11-12-4-9(7-15)16-11/h4,8,10,15H,5-7H2,1-3H3. The summed E-state index contributed by atoms with van der Waals surface area (Å²) in [6.45, 7) is 4.47. The number of aliphatic hydroxyl groups excluding tert-OH is 1. The Hall–Kier alpha value is -0.650. The van der Waals surface area contributed by atoms with Crippen LogP contribution in [0.15, 0.2) is 6.20 Å². The SMILES string of the molecule is CC1CN(c2ncc(CO)s2)CC1N(C)C. The van der Waals surface area contributed by atoms with Gasteiger partial charge in [0.2, 0.25) is 0 Å². The van der Waals surface area contributed by atoms with E-state index in [0.29, 0.717) is 12.0 Å². The lowest BCUT2D eigenvalue weighted by Crippen LogP contribution is -2.34. The number of thiazole rings is 1. The molecule has 1 aromatic heterocycles. The summed E-state index contributed by atoms with van der Waals surface area (Å²) in [5.74, 6) is 0.663. The minimum atomic E-state index is 0.0954. The molecule has 0 aromatic carbocycles. The van der Waals surface area contributed by atoms with Crippen molar-refractivity contribution >= 4 is 16.5 Å². The first kappa shape index (κ1) is 11.8. The number of aliphatic hydroxyl groups is 1. The van der Waals surface area contributed by atoms with Gasteiger partial charge in [0, 0.05) is 25.3 Å². The highest BCUT2D eigenvalue weighted by atomic mass is 32.1. The predicted octanol–water partition coefficient (Wildman–Crippen LogP) is 1.02. The van der Waals surface area contributed by atoms with Gasteiger partial charge in [-0.25, -0.2) is 4.98 Å². The molecule has 0 bridgehead atoms. The lowest BCUT2D eigenvalue weighted by atomic mass is 10.1. The van der Waals surface area contributed by atoms with Crippen LogP contribution in [0.25, 0.3) is 0 Å². The van der Waals surface area contributed by atoms with E-state index in [1.807, 2.05) is 0 Å². The van der Waals surface area contributed by atoms with Crippen molar-refractivity contribution in [3.05, 3.63) is 11.1 Å². The zero-order valence-electron chi connectivity index (χ0n) is 10.1. The monoisotopic (exact) mass is 241 g/mol. The second-order valence-corrected chi connectivity index (χ2v) is 5.77. The van der Waals surface area contributed by atoms with E-state index in [2.05, 4.69) is 35.8 Å². The first-order valence-corrected chi connectivity index (χ1v) is 6.40. The fourth-order valence-electron chi connectivity index (χ4n) is 2.29. The van der Waals surface area contributed by atoms with Gasteiger partial charge in [-0.3, -0.25) is 0 Å². The Morgan fingerprint density at radius 3 is 2.81 bits per heavy atom. The second kappa shape index (κ2) is 4.69. The van der Waals surface area contributed by atoms with Crippen molar-refractivity contribution in [3.63, 3.8) is 0 Å². The summed E-state index contributed by atoms with van der Waals surface area (Å²) < 4.78 is 0. The average Bonchev–Trinajstić information content (AvgIpc) is 2.83. The summed E-state index contributed by atoms with van der Waals surface area (Å²) in [7, 11) is 4.26. The molecule has 90 valence electrons. The molecule has 2 atom stereocenters. The molecule has 0 saturated carbocycles. The number of hydrogen-bond acceptors (Lipinski definition) is 5. The maximum atomic E-state index is 9.03. The van der Waals surface area contributed by atoms with Gasteiger partial charge in [-0.2, -0.15) is 0 Å². The minimum absolute atomic E-state index is 0.0954. The van der Waals surface area contributed by atoms with Crippen molar-refractivity contribution in [2.45, 2.75) is 19.6 Å². The molecule has 16 heavy (non-hydrogen) atoms. The third-order valence-electron chi connectivity index (χ3n) is 3.20. The Labute approximate surface area is 101 Å². The average molecular weight is 241 g/mol. The van der Waals surface area contributed by atoms with E-state index in [9.17, 15) is 0 Å². The van der Waals surface area contributed by atoms with Gasteiger partial charge in [0.15, 0.2) is 5.13 Å². The van der Waals surface area contributed by atoms with Crippen LogP contribution in [0.2, 0.25) is 0 Å². The second-order valence-electron chi connectivity index (χ2n) is 4.68. The summed E-state index contributed by atoms with van der Waals surface area (Å²) in [5, 5.41) is 10.1. The molecule has 1 aliphatic rings. The fourth-order valence-corrected chi connectivity index (χ4v) is 3.08. The molecule has 0 radical (unpaired) electrons. The van der Waals surface area contributed by atoms with E-state index >= 15 is 0 Å². The highest BCUT2D eigenvalue weighted by Crippen LogP contribution is 2.29. The summed E-state index contributed by atoms with van der Waals surface area (Å²) in [4.78, 5) is 9.91. The van der Waals surface area contributed by atoms with Crippen LogP contribution < -0.4 is 4.90 Å². The summed E-state index contributed by atoms with van der Waals surface area (Å²) >= 11 is 1.59. The maximum absolute atomic E-state index is 9.03. The molecule has 2 heterocycles. The Morgan fingerprint density at radius 2 is 2.31 bits per heavy atom. The molecule has 4 nitrogen and oxygen atoms in total. The van der Waals surface area contributed by atoms with Crippen LogP contribution >= 0.6 is 11.3 Å². The molecule has 5 heteroatoms. The highest BCUT2D eigenvalue weighted by molar-refractivity contribution is 7.15. The minimum Gasteiger partial charge on any atom is -0.391 e. The van der Waals surface area contributed by atoms with Crippen molar-refractivity contribution in [2.24, 2.45) is 5.92 Å². The maximum Gasteiger partial charge on any atom is 0.185 e. The molecule has 0 aliphatic carbocycles. The number of anilines is 1. The first-order valence-electron chi connectivity index (χ1n) is 5.58. The smallest absolute Gasteiger partial charge is 0.185 e. The molecule has 1 N–H and O–H groups in total. The van der Waals surface area contributed by atoms with Crippen LogP contribution in [-0.4, -0.2) is 48.2 Å². The van der Waals surface area contributed by atoms with Crippen LogP contribution in [0.4, 0.5) is 5.13 Å². The number of rotatable bonds is 3. The molecule has 1 fully saturated rings. The van der Waals surface area contributed by atoms with Crippen LogP contribution in [0.5, 0.6) is 0 Å². The number of aromatic nitrogens is 1. The fraction of sp³-hybridized carbons (Fsp3) is 0.727. The van der Waals surface area contributed by atoms with Gasteiger partial charge in [0.1, 0.15) is 0 Å². The predicted molar refractivity (Wildman–Crippen MR) is 66.9 cm³/mol. The van der Waals surface area contributed by atoms with Crippen molar-refractivity contribution in [2.75, 3.05) is 32.1 Å².